The van der Waals surface area contributed by atoms with Gasteiger partial charge in [0.1, 0.15) is 5.60 Å². The van der Waals surface area contributed by atoms with Crippen LogP contribution in [0.1, 0.15) is 51.2 Å². The van der Waals surface area contributed by atoms with E-state index in [0.717, 1.165) is 0 Å². The lowest BCUT2D eigenvalue weighted by atomic mass is 9.62. The van der Waals surface area contributed by atoms with Gasteiger partial charge in [-0.25, -0.2) is 13.6 Å². The number of halogens is 2. The van der Waals surface area contributed by atoms with Gasteiger partial charge in [0.2, 0.25) is 5.92 Å². The second kappa shape index (κ2) is 6.08. The molecule has 0 aromatic heterocycles. The maximum Gasteiger partial charge on any atom is 0.414 e. The summed E-state index contributed by atoms with van der Waals surface area (Å²) in [6.07, 6.45) is 1.40. The molecule has 1 fully saturated rings. The lowest BCUT2D eigenvalue weighted by molar-refractivity contribution is -0.146. The highest BCUT2D eigenvalue weighted by atomic mass is 19.3. The topological polar surface area (TPSA) is 53.3 Å². The van der Waals surface area contributed by atoms with Crippen LogP contribution >= 0.6 is 0 Å². The van der Waals surface area contributed by atoms with Crippen molar-refractivity contribution >= 4 is 11.8 Å². The molecular formula is C20H22F2N2O2. The molecule has 3 rings (SSSR count). The van der Waals surface area contributed by atoms with E-state index in [9.17, 15) is 13.6 Å². The molecule has 0 unspecified atom stereocenters. The Kier molecular flexibility index (Phi) is 4.30. The van der Waals surface area contributed by atoms with Gasteiger partial charge in [-0.1, -0.05) is 18.2 Å². The molecule has 0 atom stereocenters. The van der Waals surface area contributed by atoms with Crippen molar-refractivity contribution in [2.24, 2.45) is 5.41 Å². The van der Waals surface area contributed by atoms with E-state index in [-0.39, 0.29) is 12.8 Å². The van der Waals surface area contributed by atoms with Crippen LogP contribution in [0.15, 0.2) is 30.3 Å². The molecule has 1 aromatic carbocycles. The smallest absolute Gasteiger partial charge is 0.414 e. The molecular weight excluding hydrogens is 338 g/mol. The fourth-order valence-corrected chi connectivity index (χ4v) is 3.61. The summed E-state index contributed by atoms with van der Waals surface area (Å²) in [4.78, 5) is 14.1. The van der Waals surface area contributed by atoms with Gasteiger partial charge in [-0.2, -0.15) is 5.26 Å². The summed E-state index contributed by atoms with van der Waals surface area (Å²) >= 11 is 0. The summed E-state index contributed by atoms with van der Waals surface area (Å²) in [5.74, 6) is -2.64. The zero-order valence-electron chi connectivity index (χ0n) is 15.2. The first kappa shape index (κ1) is 18.4. The van der Waals surface area contributed by atoms with Crippen molar-refractivity contribution in [3.8, 4) is 6.07 Å². The van der Waals surface area contributed by atoms with E-state index in [1.165, 1.54) is 4.90 Å². The quantitative estimate of drug-likeness (QED) is 0.711. The van der Waals surface area contributed by atoms with Gasteiger partial charge in [0.25, 0.3) is 0 Å². The van der Waals surface area contributed by atoms with Gasteiger partial charge in [0.05, 0.1) is 17.3 Å². The predicted molar refractivity (Wildman–Crippen MR) is 93.3 cm³/mol. The minimum Gasteiger partial charge on any atom is -0.443 e. The summed E-state index contributed by atoms with van der Waals surface area (Å²) in [5, 5.41) is 8.96. The maximum absolute atomic E-state index is 13.5. The van der Waals surface area contributed by atoms with Gasteiger partial charge in [0.15, 0.2) is 0 Å². The van der Waals surface area contributed by atoms with Crippen molar-refractivity contribution in [3.63, 3.8) is 0 Å². The van der Waals surface area contributed by atoms with Gasteiger partial charge in [-0.05, 0) is 44.9 Å². The number of rotatable bonds is 1. The summed E-state index contributed by atoms with van der Waals surface area (Å²) in [6.45, 7) is 5.69. The van der Waals surface area contributed by atoms with E-state index in [1.54, 1.807) is 51.1 Å². The van der Waals surface area contributed by atoms with Crippen molar-refractivity contribution in [3.05, 3.63) is 41.5 Å². The van der Waals surface area contributed by atoms with E-state index in [2.05, 4.69) is 0 Å². The van der Waals surface area contributed by atoms with Crippen molar-refractivity contribution < 1.29 is 18.3 Å². The molecule has 0 bridgehead atoms. The minimum absolute atomic E-state index is 0.193. The molecule has 1 aliphatic carbocycles. The highest BCUT2D eigenvalue weighted by Gasteiger charge is 2.56. The second-order valence-electron chi connectivity index (χ2n) is 8.17. The third kappa shape index (κ3) is 3.72. The van der Waals surface area contributed by atoms with Crippen molar-refractivity contribution in [2.75, 3.05) is 6.54 Å². The Bertz CT molecular complexity index is 778. The maximum atomic E-state index is 13.5. The molecule has 26 heavy (non-hydrogen) atoms. The summed E-state index contributed by atoms with van der Waals surface area (Å²) < 4.78 is 32.5. The van der Waals surface area contributed by atoms with Crippen LogP contribution in [0.5, 0.6) is 0 Å². The van der Waals surface area contributed by atoms with Crippen molar-refractivity contribution in [1.82, 2.24) is 4.90 Å². The number of nitrogens with zero attached hydrogens (tertiary/aromatic N) is 2. The van der Waals surface area contributed by atoms with Gasteiger partial charge in [-0.3, -0.25) is 4.90 Å². The molecule has 4 nitrogen and oxygen atoms in total. The van der Waals surface area contributed by atoms with Gasteiger partial charge >= 0.3 is 6.09 Å². The van der Waals surface area contributed by atoms with Gasteiger partial charge in [-0.15, -0.1) is 0 Å². The SMILES string of the molecule is CC(C)(C)OC(=O)N1CCC2(C=C1c1ccc(C#N)cc1)CC(F)(F)C2. The molecule has 1 aliphatic heterocycles. The summed E-state index contributed by atoms with van der Waals surface area (Å²) in [6, 6.07) is 8.82. The Morgan fingerprint density at radius 2 is 1.85 bits per heavy atom. The first-order valence-corrected chi connectivity index (χ1v) is 8.64. The zero-order chi connectivity index (χ0) is 19.2. The van der Waals surface area contributed by atoms with E-state index in [0.29, 0.717) is 29.8 Å². The Morgan fingerprint density at radius 1 is 1.23 bits per heavy atom. The number of carbonyl (C=O) groups excluding carboxylic acids is 1. The monoisotopic (exact) mass is 360 g/mol. The van der Waals surface area contributed by atoms with Crippen LogP contribution < -0.4 is 0 Å². The van der Waals surface area contributed by atoms with E-state index in [4.69, 9.17) is 10.00 Å². The van der Waals surface area contributed by atoms with E-state index < -0.39 is 23.0 Å². The first-order valence-electron chi connectivity index (χ1n) is 8.64. The lowest BCUT2D eigenvalue weighted by Crippen LogP contribution is -2.50. The van der Waals surface area contributed by atoms with Gasteiger partial charge < -0.3 is 4.74 Å². The molecule has 0 saturated heterocycles. The molecule has 2 aliphatic rings. The normalized spacial score (nSPS) is 20.8. The standard InChI is InChI=1S/C20H22F2N2O2/c1-18(2,3)26-17(25)24-9-8-19(12-20(21,22)13-19)10-16(24)15-6-4-14(11-23)5-7-15/h4-7,10H,8-9,12-13H2,1-3H3. The third-order valence-electron chi connectivity index (χ3n) is 4.71. The Morgan fingerprint density at radius 3 is 2.35 bits per heavy atom. The van der Waals surface area contributed by atoms with Crippen LogP contribution in [-0.4, -0.2) is 29.1 Å². The Labute approximate surface area is 152 Å². The Balaban J connectivity index is 1.95. The molecule has 0 radical (unpaired) electrons. The van der Waals surface area contributed by atoms with Crippen LogP contribution in [0.2, 0.25) is 0 Å². The zero-order valence-corrected chi connectivity index (χ0v) is 15.2. The molecule has 138 valence electrons. The highest BCUT2D eigenvalue weighted by molar-refractivity contribution is 5.83. The number of amides is 1. The number of alkyl halides is 2. The second-order valence-corrected chi connectivity index (χ2v) is 8.17. The number of hydrogen-bond acceptors (Lipinski definition) is 3. The average molecular weight is 360 g/mol. The van der Waals surface area contributed by atoms with Crippen LogP contribution in [0.3, 0.4) is 0 Å². The van der Waals surface area contributed by atoms with Crippen molar-refractivity contribution in [2.45, 2.75) is 51.6 Å². The molecule has 0 N–H and O–H groups in total. The van der Waals surface area contributed by atoms with Crippen LogP contribution in [0.4, 0.5) is 13.6 Å². The number of benzene rings is 1. The van der Waals surface area contributed by atoms with E-state index in [1.807, 2.05) is 6.07 Å². The van der Waals surface area contributed by atoms with Crippen LogP contribution in [0, 0.1) is 16.7 Å². The number of nitriles is 1. The average Bonchev–Trinajstić information content (AvgIpc) is 2.51. The molecule has 1 saturated carbocycles. The molecule has 6 heteroatoms. The largest absolute Gasteiger partial charge is 0.443 e. The first-order chi connectivity index (χ1) is 12.0. The summed E-state index contributed by atoms with van der Waals surface area (Å²) in [7, 11) is 0. The fraction of sp³-hybridized carbons (Fsp3) is 0.500. The lowest BCUT2D eigenvalue weighted by Gasteiger charge is -2.49. The predicted octanol–water partition coefficient (Wildman–Crippen LogP) is 4.96. The third-order valence-corrected chi connectivity index (χ3v) is 4.71. The van der Waals surface area contributed by atoms with E-state index >= 15 is 0 Å². The van der Waals surface area contributed by atoms with Crippen molar-refractivity contribution in [1.29, 1.82) is 5.26 Å². The molecule has 1 amide bonds. The molecule has 1 heterocycles. The minimum atomic E-state index is -2.64. The number of ether oxygens (including phenoxy) is 1. The number of hydrogen-bond donors (Lipinski definition) is 0. The number of allylic oxidation sites excluding steroid dienone is 1. The molecule has 1 spiro atoms. The summed E-state index contributed by atoms with van der Waals surface area (Å²) in [5.41, 5.74) is 0.560. The highest BCUT2D eigenvalue weighted by Crippen LogP contribution is 2.57. The molecule has 1 aromatic rings. The Hall–Kier alpha value is -2.42. The van der Waals surface area contributed by atoms with Gasteiger partial charge in [0, 0.05) is 24.8 Å². The van der Waals surface area contributed by atoms with Crippen LogP contribution in [-0.2, 0) is 4.74 Å². The number of carbonyl (C=O) groups is 1. The van der Waals surface area contributed by atoms with Crippen LogP contribution in [0.25, 0.3) is 5.70 Å². The fourth-order valence-electron chi connectivity index (χ4n) is 3.61.